The third-order valence-corrected chi connectivity index (χ3v) is 23.1. The number of nitrogens with one attached hydrogen (secondary N) is 12. The number of fused-ring (bicyclic) bond motifs is 6. The maximum Gasteiger partial charge on any atom is 0.215 e. The van der Waals surface area contributed by atoms with Crippen LogP contribution >= 0.6 is 0 Å². The lowest BCUT2D eigenvalue weighted by Crippen LogP contribution is -2.20. The minimum absolute atomic E-state index is 0.0277. The summed E-state index contributed by atoms with van der Waals surface area (Å²) in [4.78, 5) is 14.8. The van der Waals surface area contributed by atoms with E-state index < -0.39 is 233 Å². The minimum Gasteiger partial charge on any atom is -0.361 e. The number of likely N-dealkylation sites (N-methyl/N-ethyl adjacent to an activating group) is 6. The van der Waals surface area contributed by atoms with Gasteiger partial charge in [-0.2, -0.15) is 0 Å². The standard InChI is InChI=1S/6C14H21N3O2S/c6*1-15-20(18,19)10-11-4-5-14-13(8-11)12(9-16-14)6-7-17(2)3/h6*4-5,8-9,15-16H,6-7,10H2,1-3H3/i1D3,2D3,3D3,6D2,7D2;1D3,2D3,6D2,7D2;2D3,3D3,6D2;1D3,6D2,7D2;2D3,6D2;6D2/hD6. The highest BCUT2D eigenvalue weighted by molar-refractivity contribution is 7.90. The summed E-state index contributed by atoms with van der Waals surface area (Å²) in [5.41, 5.74) is 3.32. The van der Waals surface area contributed by atoms with Gasteiger partial charge in [-0.3, -0.25) is 0 Å². The second kappa shape index (κ2) is 45.2. The molecular weight excluding hydrogens is 1650 g/mol. The van der Waals surface area contributed by atoms with E-state index >= 15 is 0 Å². The van der Waals surface area contributed by atoms with Crippen LogP contribution in [-0.4, -0.2) is 275 Å². The van der Waals surface area contributed by atoms with E-state index in [0.717, 1.165) is 65.3 Å². The molecule has 0 atom stereocenters. The fourth-order valence-electron chi connectivity index (χ4n) is 10.8. The van der Waals surface area contributed by atoms with Gasteiger partial charge in [-0.15, -0.1) is 0 Å². The lowest BCUT2D eigenvalue weighted by atomic mass is 10.1. The van der Waals surface area contributed by atoms with Crippen molar-refractivity contribution >= 4 is 126 Å². The Balaban J connectivity index is 0.000000275. The van der Waals surface area contributed by atoms with Crippen molar-refractivity contribution in [3.63, 3.8) is 0 Å². The molecule has 0 aliphatic rings. The molecule has 36 heteroatoms. The normalized spacial score (nSPS) is 20.8. The Morgan fingerprint density at radius 3 is 0.808 bits per heavy atom. The first kappa shape index (κ1) is 48.2. The molecule has 0 spiro atoms. The molecule has 0 amide bonds. The number of benzene rings is 6. The van der Waals surface area contributed by atoms with E-state index in [1.54, 1.807) is 52.7 Å². The molecule has 12 N–H and O–H groups in total. The molecule has 6 heterocycles. The number of rotatable bonds is 36. The van der Waals surface area contributed by atoms with Gasteiger partial charge in [0.25, 0.3) is 0 Å². The molecule has 12 aromatic rings. The number of aromatic amines is 6. The van der Waals surface area contributed by atoms with Gasteiger partial charge in [0.15, 0.2) is 4.24 Å². The molecular formula is C84H126N18O12S6. The van der Waals surface area contributed by atoms with Gasteiger partial charge in [0.2, 0.25) is 60.1 Å². The van der Waals surface area contributed by atoms with Crippen LogP contribution in [0.1, 0.15) is 128 Å². The molecule has 0 saturated heterocycles. The average molecular weight is 1820 g/mol. The molecule has 12 rings (SSSR count). The van der Waals surface area contributed by atoms with Gasteiger partial charge in [0.1, 0.15) is 4.24 Å². The number of aromatic nitrogens is 6. The SMILES string of the molecule is [2H]C([2H])([2H])NS(=O)(=O)Cc1ccc2[nH]cc(C([2H])([2H])C([2H])([2H])N(C([2H])([2H])[2H])C([2H])([2H])[2H])c2c1.[2H]C([2H])([2H])NS(=O)(=O)Cc1ccc2[nH]cc(C([2H])([2H])C([2H])([2H])N(C)C([2H])([2H])[2H])c2c1.[2H]C([2H])([2H])NS(=O)(=O)Cc1ccc2[nH]cc(C([2H])([2H])C([2H])([2H])N(C)C)c2c1.[2H]N(C)S(=O)(=O)Cc1ccc2c(c1)c(C([2H])([2H])CN(C([2H])([2H])[2H])C([2H])([2H])[2H])cn2[2H].[2H]N(C)S(=O)(=O)Cc1ccc2c(c1)c(C([2H])([2H])CN(C)C([2H])([2H])[2H])cn2[2H].[2H]N(C)S(=O)(=O)Cc1ccc2c(c1)c(C([2H])([2H])CN(C)C)cn2[2H]. The van der Waals surface area contributed by atoms with E-state index in [2.05, 4.69) is 15.0 Å². The van der Waals surface area contributed by atoms with Crippen LogP contribution < -0.4 is 28.3 Å². The summed E-state index contributed by atoms with van der Waals surface area (Å²) >= 11 is 0. The van der Waals surface area contributed by atoms with Crippen LogP contribution in [0.25, 0.3) is 65.4 Å². The molecule has 120 heavy (non-hydrogen) atoms. The lowest BCUT2D eigenvalue weighted by molar-refractivity contribution is 0.414. The topological polar surface area (TPSA) is 391 Å². The highest BCUT2D eigenvalue weighted by Gasteiger charge is 2.19. The van der Waals surface area contributed by atoms with Gasteiger partial charge in [-0.25, -0.2) is 78.8 Å². The van der Waals surface area contributed by atoms with Crippen molar-refractivity contribution in [2.75, 3.05) is 165 Å². The maximum atomic E-state index is 12.1. The second-order valence-electron chi connectivity index (χ2n) is 26.3. The van der Waals surface area contributed by atoms with E-state index in [0.29, 0.717) is 74.0 Å². The van der Waals surface area contributed by atoms with E-state index in [1.807, 2.05) is 0 Å². The van der Waals surface area contributed by atoms with Crippen LogP contribution in [0.15, 0.2) is 146 Å². The van der Waals surface area contributed by atoms with Gasteiger partial charge in [0, 0.05) is 203 Å². The zero-order valence-electron chi connectivity index (χ0n) is 117. The fourth-order valence-corrected chi connectivity index (χ4v) is 15.0. The summed E-state index contributed by atoms with van der Waals surface area (Å²) in [5.74, 6) is -3.41. The Bertz CT molecular complexity index is 8340. The Labute approximate surface area is 783 Å². The Hall–Kier alpha value is -8.22. The molecule has 30 nitrogen and oxygen atoms in total. The lowest BCUT2D eigenvalue weighted by Gasteiger charge is -2.08. The van der Waals surface area contributed by atoms with Crippen molar-refractivity contribution in [3.05, 3.63) is 213 Å². The first-order valence-electron chi connectivity index (χ1n) is 60.0. The second-order valence-corrected chi connectivity index (χ2v) is 37.0. The summed E-state index contributed by atoms with van der Waals surface area (Å²) in [6.45, 7) is -37.4. The predicted octanol–water partition coefficient (Wildman–Crippen LogP) is 7.93. The van der Waals surface area contributed by atoms with Crippen molar-refractivity contribution in [2.24, 2.45) is 0 Å². The van der Waals surface area contributed by atoms with E-state index in [1.165, 1.54) is 136 Å². The number of H-pyrrole nitrogens is 6. The molecule has 6 aromatic carbocycles. The summed E-state index contributed by atoms with van der Waals surface area (Å²) in [7, 11) is -12.3. The Morgan fingerprint density at radius 2 is 0.542 bits per heavy atom. The molecule has 0 unspecified atom stereocenters. The summed E-state index contributed by atoms with van der Waals surface area (Å²) in [6, 6.07) is 25.8. The number of hydrogen-bond acceptors (Lipinski definition) is 18. The average Bonchev–Trinajstić information content (AvgIpc) is 1.67. The van der Waals surface area contributed by atoms with Crippen molar-refractivity contribution in [1.82, 2.24) is 87.6 Å². The van der Waals surface area contributed by atoms with Crippen molar-refractivity contribution in [1.29, 1.82) is 0 Å². The zero-order valence-corrected chi connectivity index (χ0v) is 70.8. The highest BCUT2D eigenvalue weighted by atomic mass is 32.2. The van der Waals surface area contributed by atoms with Gasteiger partial charge in [0.05, 0.1) is 34.5 Å². The maximum absolute atomic E-state index is 12.1. The molecule has 0 aliphatic carbocycles. The fraction of sp³-hybridized carbons (Fsp3) is 0.429. The Morgan fingerprint density at radius 1 is 0.300 bits per heavy atom. The molecule has 0 aliphatic heterocycles. The Kier molecular flexibility index (Phi) is 18.2. The molecule has 0 bridgehead atoms. The van der Waals surface area contributed by atoms with Gasteiger partial charge >= 0.3 is 0 Å². The van der Waals surface area contributed by atoms with Gasteiger partial charge in [-0.05, 0) is 304 Å². The number of nitrogens with zero attached hydrogens (tertiary/aromatic N) is 6. The number of sulfonamides is 6. The quantitative estimate of drug-likeness (QED) is 0.0177. The van der Waals surface area contributed by atoms with E-state index in [4.69, 9.17) is 70.2 Å². The van der Waals surface area contributed by atoms with Crippen LogP contribution in [0.4, 0.5) is 0 Å². The number of aryl methyl sites for hydroxylation is 3. The summed E-state index contributed by atoms with van der Waals surface area (Å²) < 4.78 is 541. The molecule has 0 saturated carbocycles. The molecule has 0 fully saturated rings. The van der Waals surface area contributed by atoms with Crippen LogP contribution in [0.3, 0.4) is 0 Å². The number of hydrogen-bond donors (Lipinski definition) is 12. The minimum atomic E-state index is -4.32. The summed E-state index contributed by atoms with van der Waals surface area (Å²) in [6.07, 6.45) is -7.33. The smallest absolute Gasteiger partial charge is 0.215 e. The van der Waals surface area contributed by atoms with Crippen LogP contribution in [0.2, 0.25) is 8.47 Å². The van der Waals surface area contributed by atoms with E-state index in [-0.39, 0.29) is 88.9 Å². The molecule has 0 radical (unpaired) electrons. The zero-order chi connectivity index (χ0) is 132. The monoisotopic (exact) mass is 1820 g/mol. The first-order chi connectivity index (χ1) is 76.3. The first-order valence-corrected chi connectivity index (χ1v) is 44.6. The predicted molar refractivity (Wildman–Crippen MR) is 493 cm³/mol. The van der Waals surface area contributed by atoms with Gasteiger partial charge in [-0.1, -0.05) is 36.4 Å². The van der Waals surface area contributed by atoms with Crippen molar-refractivity contribution < 1.29 is 121 Å². The summed E-state index contributed by atoms with van der Waals surface area (Å²) in [5, 5.41) is 1.41. The van der Waals surface area contributed by atoms with Crippen molar-refractivity contribution in [2.45, 2.75) is 72.8 Å². The van der Waals surface area contributed by atoms with Crippen LogP contribution in [0.5, 0.6) is 0 Å². The van der Waals surface area contributed by atoms with Crippen LogP contribution in [-0.2, 0) is 133 Å². The third kappa shape index (κ3) is 31.9. The van der Waals surface area contributed by atoms with Crippen LogP contribution in [0, 0.1) is 0 Å². The van der Waals surface area contributed by atoms with Crippen molar-refractivity contribution in [3.8, 4) is 0 Å². The van der Waals surface area contributed by atoms with E-state index in [9.17, 15) is 50.5 Å². The third-order valence-electron chi connectivity index (χ3n) is 16.3. The largest absolute Gasteiger partial charge is 0.361 e. The van der Waals surface area contributed by atoms with Gasteiger partial charge < -0.3 is 59.3 Å². The molecule has 6 aromatic heterocycles. The molecule has 660 valence electrons. The highest BCUT2D eigenvalue weighted by Crippen LogP contribution is 2.28.